The number of aromatic nitrogens is 2. The number of nitrogens with two attached hydrogens (primary N) is 1. The van der Waals surface area contributed by atoms with E-state index in [4.69, 9.17) is 5.73 Å². The predicted octanol–water partition coefficient (Wildman–Crippen LogP) is 1.44. The highest BCUT2D eigenvalue weighted by atomic mass is 79.9. The van der Waals surface area contributed by atoms with Gasteiger partial charge in [-0.3, -0.25) is 0 Å². The first-order chi connectivity index (χ1) is 4.74. The SMILES string of the molecule is NCCc1[nH]c(Br)nc1Br. The molecule has 0 saturated carbocycles. The maximum absolute atomic E-state index is 5.35. The van der Waals surface area contributed by atoms with Gasteiger partial charge >= 0.3 is 0 Å². The molecule has 0 spiro atoms. The van der Waals surface area contributed by atoms with E-state index in [1.807, 2.05) is 0 Å². The van der Waals surface area contributed by atoms with Crippen LogP contribution in [0.4, 0.5) is 0 Å². The summed E-state index contributed by atoms with van der Waals surface area (Å²) in [4.78, 5) is 7.08. The van der Waals surface area contributed by atoms with Crippen molar-refractivity contribution in [3.63, 3.8) is 0 Å². The Bertz CT molecular complexity index is 221. The zero-order chi connectivity index (χ0) is 7.56. The second kappa shape index (κ2) is 3.50. The topological polar surface area (TPSA) is 54.7 Å². The summed E-state index contributed by atoms with van der Waals surface area (Å²) in [6, 6.07) is 0. The number of aromatic amines is 1. The molecule has 10 heavy (non-hydrogen) atoms. The normalized spacial score (nSPS) is 10.3. The van der Waals surface area contributed by atoms with Gasteiger partial charge in [0, 0.05) is 6.42 Å². The minimum absolute atomic E-state index is 0.632. The van der Waals surface area contributed by atoms with Gasteiger partial charge in [-0.25, -0.2) is 4.98 Å². The van der Waals surface area contributed by atoms with Crippen LogP contribution in [0, 0.1) is 0 Å². The molecule has 0 radical (unpaired) electrons. The molecule has 0 unspecified atom stereocenters. The van der Waals surface area contributed by atoms with E-state index in [1.54, 1.807) is 0 Å². The maximum atomic E-state index is 5.35. The zero-order valence-corrected chi connectivity index (χ0v) is 8.37. The van der Waals surface area contributed by atoms with Crippen LogP contribution in [0.15, 0.2) is 9.34 Å². The van der Waals surface area contributed by atoms with Crippen molar-refractivity contribution >= 4 is 31.9 Å². The van der Waals surface area contributed by atoms with E-state index in [0.29, 0.717) is 6.54 Å². The Balaban J connectivity index is 2.81. The number of imidazole rings is 1. The fourth-order valence-electron chi connectivity index (χ4n) is 0.668. The first kappa shape index (κ1) is 8.23. The van der Waals surface area contributed by atoms with Crippen LogP contribution in [0.2, 0.25) is 0 Å². The van der Waals surface area contributed by atoms with E-state index in [1.165, 1.54) is 0 Å². The van der Waals surface area contributed by atoms with Crippen molar-refractivity contribution in [3.8, 4) is 0 Å². The Morgan fingerprint density at radius 2 is 2.20 bits per heavy atom. The first-order valence-corrected chi connectivity index (χ1v) is 4.42. The van der Waals surface area contributed by atoms with Crippen molar-refractivity contribution in [3.05, 3.63) is 15.0 Å². The molecule has 3 nitrogen and oxygen atoms in total. The molecular formula is C5H7Br2N3. The van der Waals surface area contributed by atoms with Gasteiger partial charge in [0.05, 0.1) is 5.69 Å². The van der Waals surface area contributed by atoms with Gasteiger partial charge in [-0.15, -0.1) is 0 Å². The molecule has 0 fully saturated rings. The number of hydrogen-bond donors (Lipinski definition) is 2. The lowest BCUT2D eigenvalue weighted by atomic mass is 10.3. The highest BCUT2D eigenvalue weighted by Gasteiger charge is 2.03. The largest absolute Gasteiger partial charge is 0.335 e. The molecule has 1 aromatic heterocycles. The number of rotatable bonds is 2. The predicted molar refractivity (Wildman–Crippen MR) is 46.7 cm³/mol. The van der Waals surface area contributed by atoms with Gasteiger partial charge in [-0.1, -0.05) is 0 Å². The molecular weight excluding hydrogens is 262 g/mol. The summed E-state index contributed by atoms with van der Waals surface area (Å²) < 4.78 is 1.58. The van der Waals surface area contributed by atoms with Gasteiger partial charge in [0.1, 0.15) is 4.60 Å². The Labute approximate surface area is 75.7 Å². The summed E-state index contributed by atoms with van der Waals surface area (Å²) in [5.41, 5.74) is 6.39. The number of halogens is 2. The smallest absolute Gasteiger partial charge is 0.175 e. The summed E-state index contributed by atoms with van der Waals surface area (Å²) in [5.74, 6) is 0. The van der Waals surface area contributed by atoms with Crippen LogP contribution in [0.3, 0.4) is 0 Å². The van der Waals surface area contributed by atoms with Gasteiger partial charge in [0.15, 0.2) is 4.73 Å². The monoisotopic (exact) mass is 267 g/mol. The van der Waals surface area contributed by atoms with E-state index >= 15 is 0 Å². The molecule has 0 aliphatic heterocycles. The second-order valence-corrected chi connectivity index (χ2v) is 3.34. The summed E-state index contributed by atoms with van der Waals surface area (Å²) in [7, 11) is 0. The number of nitrogens with one attached hydrogen (secondary N) is 1. The first-order valence-electron chi connectivity index (χ1n) is 2.84. The Kier molecular flexibility index (Phi) is 2.88. The van der Waals surface area contributed by atoms with Crippen molar-refractivity contribution in [1.29, 1.82) is 0 Å². The standard InChI is InChI=1S/C5H7Br2N3/c6-4-3(1-2-8)9-5(7)10-4/h1-2,8H2,(H,9,10). The minimum Gasteiger partial charge on any atom is -0.335 e. The summed E-state index contributed by atoms with van der Waals surface area (Å²) in [5, 5.41) is 0. The van der Waals surface area contributed by atoms with Gasteiger partial charge in [-0.05, 0) is 38.4 Å². The fourth-order valence-corrected chi connectivity index (χ4v) is 1.80. The lowest BCUT2D eigenvalue weighted by Gasteiger charge is -1.90. The third-order valence-electron chi connectivity index (χ3n) is 1.09. The number of hydrogen-bond acceptors (Lipinski definition) is 2. The molecule has 0 amide bonds. The number of H-pyrrole nitrogens is 1. The zero-order valence-electron chi connectivity index (χ0n) is 5.19. The molecule has 0 bridgehead atoms. The van der Waals surface area contributed by atoms with E-state index < -0.39 is 0 Å². The lowest BCUT2D eigenvalue weighted by molar-refractivity contribution is 0.927. The highest BCUT2D eigenvalue weighted by Crippen LogP contribution is 2.16. The molecule has 0 aliphatic rings. The molecule has 1 heterocycles. The van der Waals surface area contributed by atoms with Crippen LogP contribution < -0.4 is 5.73 Å². The van der Waals surface area contributed by atoms with Crippen LogP contribution in [0.25, 0.3) is 0 Å². The average molecular weight is 269 g/mol. The van der Waals surface area contributed by atoms with Crippen LogP contribution in [0.5, 0.6) is 0 Å². The average Bonchev–Trinajstić information content (AvgIpc) is 2.13. The van der Waals surface area contributed by atoms with Gasteiger partial charge < -0.3 is 10.7 Å². The molecule has 0 aromatic carbocycles. The third-order valence-corrected chi connectivity index (χ3v) is 2.13. The van der Waals surface area contributed by atoms with Crippen molar-refractivity contribution in [2.45, 2.75) is 6.42 Å². The second-order valence-electron chi connectivity index (χ2n) is 1.84. The summed E-state index contributed by atoms with van der Waals surface area (Å²) in [6.07, 6.45) is 0.819. The quantitative estimate of drug-likeness (QED) is 0.853. The molecule has 3 N–H and O–H groups in total. The Morgan fingerprint density at radius 3 is 2.60 bits per heavy atom. The van der Waals surface area contributed by atoms with Crippen molar-refractivity contribution < 1.29 is 0 Å². The Morgan fingerprint density at radius 1 is 1.50 bits per heavy atom. The van der Waals surface area contributed by atoms with Gasteiger partial charge in [0.25, 0.3) is 0 Å². The van der Waals surface area contributed by atoms with E-state index in [0.717, 1.165) is 21.5 Å². The van der Waals surface area contributed by atoms with Crippen LogP contribution in [-0.4, -0.2) is 16.5 Å². The molecule has 5 heteroatoms. The lowest BCUT2D eigenvalue weighted by Crippen LogP contribution is -2.03. The molecule has 0 atom stereocenters. The molecule has 0 aliphatic carbocycles. The maximum Gasteiger partial charge on any atom is 0.175 e. The minimum atomic E-state index is 0.632. The van der Waals surface area contributed by atoms with Gasteiger partial charge in [0.2, 0.25) is 0 Å². The van der Waals surface area contributed by atoms with Crippen molar-refractivity contribution in [1.82, 2.24) is 9.97 Å². The Hall–Kier alpha value is 0.130. The van der Waals surface area contributed by atoms with Crippen molar-refractivity contribution in [2.24, 2.45) is 5.73 Å². The van der Waals surface area contributed by atoms with Gasteiger partial charge in [-0.2, -0.15) is 0 Å². The highest BCUT2D eigenvalue weighted by molar-refractivity contribution is 9.11. The molecule has 56 valence electrons. The molecule has 1 aromatic rings. The van der Waals surface area contributed by atoms with Crippen molar-refractivity contribution in [2.75, 3.05) is 6.54 Å². The third kappa shape index (κ3) is 1.81. The fraction of sp³-hybridized carbons (Fsp3) is 0.400. The molecule has 0 saturated heterocycles. The number of nitrogens with zero attached hydrogens (tertiary/aromatic N) is 1. The van der Waals surface area contributed by atoms with Crippen LogP contribution in [-0.2, 0) is 6.42 Å². The van der Waals surface area contributed by atoms with E-state index in [9.17, 15) is 0 Å². The molecule has 1 rings (SSSR count). The van der Waals surface area contributed by atoms with E-state index in [-0.39, 0.29) is 0 Å². The summed E-state index contributed by atoms with van der Waals surface area (Å²) >= 11 is 6.51. The summed E-state index contributed by atoms with van der Waals surface area (Å²) in [6.45, 7) is 0.632. The van der Waals surface area contributed by atoms with Crippen LogP contribution in [0.1, 0.15) is 5.69 Å². The van der Waals surface area contributed by atoms with Crippen LogP contribution >= 0.6 is 31.9 Å². The van der Waals surface area contributed by atoms with E-state index in [2.05, 4.69) is 41.8 Å².